The number of benzene rings is 5. The van der Waals surface area contributed by atoms with Crippen LogP contribution in [-0.2, 0) is 0 Å². The van der Waals surface area contributed by atoms with E-state index in [1.807, 2.05) is 134 Å². The molecule has 5 aromatic carbocycles. The Morgan fingerprint density at radius 1 is 0.383 bits per heavy atom. The molecule has 7 heteroatoms. The molecule has 9 aromatic rings. The average Bonchev–Trinajstić information content (AvgIpc) is 3.34. The molecule has 4 aromatic heterocycles. The number of allylic oxidation sites excluding steroid dienone is 2. The SMILES string of the molecule is C=C/C=C(\N=C)c1cc(-c2cc(-c3cc(-c4ccccn4)cc(-c4ccccn4)c3)cc(-c3nc(-c4ccccc4)nc(-c4ccccc4)n3)c2)cc(-c2ccccn2)c1. The van der Waals surface area contributed by atoms with Crippen LogP contribution < -0.4 is 0 Å². The summed E-state index contributed by atoms with van der Waals surface area (Å²) in [5.41, 5.74) is 13.4. The Bertz CT molecular complexity index is 2730. The fraction of sp³-hybridized carbons (Fsp3) is 0. The van der Waals surface area contributed by atoms with Crippen LogP contribution in [0.15, 0.2) is 212 Å². The van der Waals surface area contributed by atoms with Crippen LogP contribution in [0, 0.1) is 0 Å². The lowest BCUT2D eigenvalue weighted by atomic mass is 9.91. The molecule has 0 radical (unpaired) electrons. The normalized spacial score (nSPS) is 11.2. The van der Waals surface area contributed by atoms with E-state index in [-0.39, 0.29) is 0 Å². The average molecular weight is 772 g/mol. The Kier molecular flexibility index (Phi) is 10.6. The van der Waals surface area contributed by atoms with Crippen LogP contribution in [0.1, 0.15) is 5.56 Å². The first-order valence-electron chi connectivity index (χ1n) is 19.5. The van der Waals surface area contributed by atoms with Crippen molar-refractivity contribution in [2.75, 3.05) is 0 Å². The van der Waals surface area contributed by atoms with E-state index in [4.69, 9.17) is 29.9 Å². The zero-order chi connectivity index (χ0) is 40.7. The molecule has 7 nitrogen and oxygen atoms in total. The van der Waals surface area contributed by atoms with Crippen molar-refractivity contribution >= 4 is 12.4 Å². The second kappa shape index (κ2) is 17.1. The number of rotatable bonds is 11. The Balaban J connectivity index is 1.33. The van der Waals surface area contributed by atoms with Crippen LogP contribution in [0.25, 0.3) is 95.9 Å². The van der Waals surface area contributed by atoms with Crippen LogP contribution in [0.3, 0.4) is 0 Å². The van der Waals surface area contributed by atoms with E-state index in [1.165, 1.54) is 0 Å². The number of aliphatic imine (C=N–C) groups is 1. The van der Waals surface area contributed by atoms with Gasteiger partial charge in [0.05, 0.1) is 22.8 Å². The van der Waals surface area contributed by atoms with Gasteiger partial charge in [-0.3, -0.25) is 19.9 Å². The fourth-order valence-electron chi connectivity index (χ4n) is 7.16. The smallest absolute Gasteiger partial charge is 0.164 e. The van der Waals surface area contributed by atoms with Crippen molar-refractivity contribution in [3.05, 3.63) is 213 Å². The topological polar surface area (TPSA) is 89.7 Å². The second-order valence-electron chi connectivity index (χ2n) is 14.0. The van der Waals surface area contributed by atoms with Gasteiger partial charge in [0.25, 0.3) is 0 Å². The maximum atomic E-state index is 5.15. The first-order valence-corrected chi connectivity index (χ1v) is 19.5. The van der Waals surface area contributed by atoms with Gasteiger partial charge in [-0.1, -0.05) is 91.5 Å². The van der Waals surface area contributed by atoms with Gasteiger partial charge in [-0.25, -0.2) is 15.0 Å². The van der Waals surface area contributed by atoms with E-state index in [9.17, 15) is 0 Å². The van der Waals surface area contributed by atoms with E-state index in [2.05, 4.69) is 72.9 Å². The summed E-state index contributed by atoms with van der Waals surface area (Å²) >= 11 is 0. The Labute approximate surface area is 349 Å². The lowest BCUT2D eigenvalue weighted by Gasteiger charge is -2.16. The van der Waals surface area contributed by atoms with Crippen LogP contribution in [0.4, 0.5) is 0 Å². The van der Waals surface area contributed by atoms with E-state index in [1.54, 1.807) is 12.3 Å². The summed E-state index contributed by atoms with van der Waals surface area (Å²) in [7, 11) is 0. The lowest BCUT2D eigenvalue weighted by molar-refractivity contribution is 1.07. The van der Waals surface area contributed by atoms with Crippen molar-refractivity contribution < 1.29 is 0 Å². The van der Waals surface area contributed by atoms with E-state index in [0.29, 0.717) is 23.2 Å². The minimum absolute atomic E-state index is 0.540. The highest BCUT2D eigenvalue weighted by molar-refractivity contribution is 5.87. The van der Waals surface area contributed by atoms with Gasteiger partial charge in [0, 0.05) is 57.5 Å². The molecule has 0 atom stereocenters. The van der Waals surface area contributed by atoms with Crippen molar-refractivity contribution in [2.45, 2.75) is 0 Å². The molecule has 0 fully saturated rings. The highest BCUT2D eigenvalue weighted by Gasteiger charge is 2.18. The molecule has 0 unspecified atom stereocenters. The van der Waals surface area contributed by atoms with Gasteiger partial charge in [0.1, 0.15) is 0 Å². The maximum absolute atomic E-state index is 5.15. The van der Waals surface area contributed by atoms with Gasteiger partial charge in [-0.2, -0.15) is 0 Å². The number of aromatic nitrogens is 6. The molecule has 0 saturated heterocycles. The van der Waals surface area contributed by atoms with Crippen molar-refractivity contribution in [3.63, 3.8) is 0 Å². The predicted molar refractivity (Wildman–Crippen MR) is 244 cm³/mol. The summed E-state index contributed by atoms with van der Waals surface area (Å²) in [4.78, 5) is 33.9. The van der Waals surface area contributed by atoms with Crippen molar-refractivity contribution in [3.8, 4) is 90.2 Å². The molecule has 0 N–H and O–H groups in total. The molecule has 0 aliphatic rings. The number of hydrogen-bond acceptors (Lipinski definition) is 7. The summed E-state index contributed by atoms with van der Waals surface area (Å²) in [6, 6.07) is 57.2. The molecule has 0 aliphatic heterocycles. The molecule has 60 heavy (non-hydrogen) atoms. The summed E-state index contributed by atoms with van der Waals surface area (Å²) in [6.07, 6.45) is 9.01. The lowest BCUT2D eigenvalue weighted by Crippen LogP contribution is -2.00. The monoisotopic (exact) mass is 771 g/mol. The second-order valence-corrected chi connectivity index (χ2v) is 14.0. The van der Waals surface area contributed by atoms with E-state index >= 15 is 0 Å². The van der Waals surface area contributed by atoms with Crippen LogP contribution in [0.2, 0.25) is 0 Å². The molecule has 0 spiro atoms. The number of nitrogens with zero attached hydrogens (tertiary/aromatic N) is 7. The van der Waals surface area contributed by atoms with Gasteiger partial charge < -0.3 is 0 Å². The van der Waals surface area contributed by atoms with Gasteiger partial charge in [0.15, 0.2) is 17.5 Å². The third-order valence-electron chi connectivity index (χ3n) is 10.0. The van der Waals surface area contributed by atoms with Gasteiger partial charge in [0.2, 0.25) is 0 Å². The number of hydrogen-bond donors (Lipinski definition) is 0. The minimum Gasteiger partial charge on any atom is -0.264 e. The van der Waals surface area contributed by atoms with Crippen molar-refractivity contribution in [1.82, 2.24) is 29.9 Å². The van der Waals surface area contributed by atoms with Crippen LogP contribution >= 0.6 is 0 Å². The van der Waals surface area contributed by atoms with E-state index < -0.39 is 0 Å². The largest absolute Gasteiger partial charge is 0.264 e. The molecule has 284 valence electrons. The summed E-state index contributed by atoms with van der Waals surface area (Å²) < 4.78 is 0. The molecular formula is C53H37N7. The van der Waals surface area contributed by atoms with Gasteiger partial charge >= 0.3 is 0 Å². The van der Waals surface area contributed by atoms with Crippen molar-refractivity contribution in [1.29, 1.82) is 0 Å². The van der Waals surface area contributed by atoms with Gasteiger partial charge in [-0.05, 0) is 126 Å². The van der Waals surface area contributed by atoms with Crippen LogP contribution in [0.5, 0.6) is 0 Å². The molecule has 0 amide bonds. The first-order chi connectivity index (χ1) is 29.6. The first kappa shape index (κ1) is 37.3. The minimum atomic E-state index is 0.540. The molecular weight excluding hydrogens is 735 g/mol. The molecule has 0 aliphatic carbocycles. The standard InChI is InChI=1S/C53H37N7/c1-3-16-47(54-2)42-28-40(29-43(34-42)48-21-10-13-24-55-48)38-27-39(41-30-44(49-22-11-14-25-56-49)35-45(31-41)50-23-12-15-26-57-50)33-46(32-38)53-59-51(36-17-6-4-7-18-36)58-52(60-53)37-19-8-5-9-20-37/h3-35H,1-2H2/b47-16-. The molecule has 0 bridgehead atoms. The Morgan fingerprint density at radius 3 is 1.15 bits per heavy atom. The summed E-state index contributed by atoms with van der Waals surface area (Å²) in [5.74, 6) is 1.70. The highest BCUT2D eigenvalue weighted by Crippen LogP contribution is 2.39. The third-order valence-corrected chi connectivity index (χ3v) is 10.0. The Morgan fingerprint density at radius 2 is 0.733 bits per heavy atom. The zero-order valence-electron chi connectivity index (χ0n) is 32.6. The van der Waals surface area contributed by atoms with Gasteiger partial charge in [-0.15, -0.1) is 0 Å². The fourth-order valence-corrected chi connectivity index (χ4v) is 7.16. The summed E-state index contributed by atoms with van der Waals surface area (Å²) in [6.45, 7) is 7.82. The quantitative estimate of drug-likeness (QED) is 0.0961. The summed E-state index contributed by atoms with van der Waals surface area (Å²) in [5, 5.41) is 0. The van der Waals surface area contributed by atoms with Crippen molar-refractivity contribution in [2.24, 2.45) is 4.99 Å². The molecule has 4 heterocycles. The zero-order valence-corrected chi connectivity index (χ0v) is 32.6. The molecule has 0 saturated carbocycles. The highest BCUT2D eigenvalue weighted by atomic mass is 15.0. The predicted octanol–water partition coefficient (Wildman–Crippen LogP) is 12.6. The molecule has 9 rings (SSSR count). The Hall–Kier alpha value is -8.29. The number of pyridine rings is 3. The maximum Gasteiger partial charge on any atom is 0.164 e. The third kappa shape index (κ3) is 8.09. The van der Waals surface area contributed by atoms with E-state index in [0.717, 1.165) is 78.3 Å². The van der Waals surface area contributed by atoms with Crippen LogP contribution in [-0.4, -0.2) is 36.6 Å².